The fraction of sp³-hybridized carbons (Fsp3) is 0.318. The van der Waals surface area contributed by atoms with Gasteiger partial charge >= 0.3 is 0 Å². The van der Waals surface area contributed by atoms with Gasteiger partial charge in [-0.2, -0.15) is 0 Å². The van der Waals surface area contributed by atoms with Crippen molar-refractivity contribution in [1.82, 2.24) is 14.7 Å². The lowest BCUT2D eigenvalue weighted by Gasteiger charge is -2.10. The Bertz CT molecular complexity index is 972. The van der Waals surface area contributed by atoms with E-state index in [1.54, 1.807) is 18.5 Å². The van der Waals surface area contributed by atoms with Gasteiger partial charge in [0.2, 0.25) is 5.91 Å². The van der Waals surface area contributed by atoms with E-state index in [4.69, 9.17) is 0 Å². The molecule has 1 fully saturated rings. The first kappa shape index (κ1) is 18.2. The van der Waals surface area contributed by atoms with Crippen LogP contribution in [0.2, 0.25) is 0 Å². The lowest BCUT2D eigenvalue weighted by atomic mass is 10.0. The van der Waals surface area contributed by atoms with Gasteiger partial charge < -0.3 is 15.0 Å². The minimum Gasteiger partial charge on any atom is -0.348 e. The second-order valence-electron chi connectivity index (χ2n) is 7.39. The van der Waals surface area contributed by atoms with Crippen molar-refractivity contribution < 1.29 is 9.59 Å². The third-order valence-corrected chi connectivity index (χ3v) is 5.29. The molecule has 1 saturated carbocycles. The van der Waals surface area contributed by atoms with Crippen LogP contribution in [0.25, 0.3) is 5.65 Å². The van der Waals surface area contributed by atoms with Crippen LogP contribution in [-0.2, 0) is 11.3 Å². The summed E-state index contributed by atoms with van der Waals surface area (Å²) >= 11 is 0. The lowest BCUT2D eigenvalue weighted by molar-refractivity contribution is -0.117. The SMILES string of the molecule is O=C(CC1CCCC1)Nc1ccc(CNC(=O)c2ccc3nccn3c2)cc1. The Kier molecular flexibility index (Phi) is 5.37. The zero-order valence-corrected chi connectivity index (χ0v) is 15.7. The normalized spacial score (nSPS) is 14.3. The number of aromatic nitrogens is 2. The average Bonchev–Trinajstić information content (AvgIpc) is 3.38. The van der Waals surface area contributed by atoms with Crippen molar-refractivity contribution in [3.05, 3.63) is 66.1 Å². The molecule has 0 spiro atoms. The molecule has 1 aliphatic carbocycles. The maximum atomic E-state index is 12.4. The van der Waals surface area contributed by atoms with Crippen molar-refractivity contribution in [3.8, 4) is 0 Å². The van der Waals surface area contributed by atoms with E-state index in [1.165, 1.54) is 25.7 Å². The summed E-state index contributed by atoms with van der Waals surface area (Å²) in [7, 11) is 0. The number of anilines is 1. The van der Waals surface area contributed by atoms with Crippen LogP contribution in [-0.4, -0.2) is 21.2 Å². The van der Waals surface area contributed by atoms with Gasteiger partial charge in [0.15, 0.2) is 0 Å². The second-order valence-corrected chi connectivity index (χ2v) is 7.39. The maximum Gasteiger partial charge on any atom is 0.253 e. The van der Waals surface area contributed by atoms with Crippen LogP contribution in [0.3, 0.4) is 0 Å². The number of amides is 2. The van der Waals surface area contributed by atoms with Crippen LogP contribution < -0.4 is 10.6 Å². The number of nitrogens with zero attached hydrogens (tertiary/aromatic N) is 2. The number of carbonyl (C=O) groups excluding carboxylic acids is 2. The summed E-state index contributed by atoms with van der Waals surface area (Å²) in [5.41, 5.74) is 3.16. The van der Waals surface area contributed by atoms with E-state index >= 15 is 0 Å². The van der Waals surface area contributed by atoms with Gasteiger partial charge in [-0.1, -0.05) is 25.0 Å². The molecule has 3 aromatic rings. The zero-order valence-electron chi connectivity index (χ0n) is 15.7. The molecule has 4 rings (SSSR count). The van der Waals surface area contributed by atoms with E-state index < -0.39 is 0 Å². The van der Waals surface area contributed by atoms with E-state index in [2.05, 4.69) is 15.6 Å². The molecular formula is C22H24N4O2. The number of nitrogens with one attached hydrogen (secondary N) is 2. The molecule has 6 nitrogen and oxygen atoms in total. The molecule has 2 aromatic heterocycles. The van der Waals surface area contributed by atoms with Crippen molar-refractivity contribution in [2.24, 2.45) is 5.92 Å². The molecule has 0 unspecified atom stereocenters. The number of benzene rings is 1. The summed E-state index contributed by atoms with van der Waals surface area (Å²) in [6, 6.07) is 11.2. The number of hydrogen-bond donors (Lipinski definition) is 2. The molecule has 144 valence electrons. The van der Waals surface area contributed by atoms with E-state index in [0.29, 0.717) is 24.4 Å². The largest absolute Gasteiger partial charge is 0.348 e. The predicted molar refractivity (Wildman–Crippen MR) is 108 cm³/mol. The monoisotopic (exact) mass is 376 g/mol. The number of fused-ring (bicyclic) bond motifs is 1. The highest BCUT2D eigenvalue weighted by atomic mass is 16.2. The topological polar surface area (TPSA) is 75.5 Å². The standard InChI is InChI=1S/C22H24N4O2/c27-21(13-16-3-1-2-4-16)25-19-8-5-17(6-9-19)14-24-22(28)18-7-10-20-23-11-12-26(20)15-18/h5-12,15-16H,1-4,13-14H2,(H,24,28)(H,25,27). The summed E-state index contributed by atoms with van der Waals surface area (Å²) < 4.78 is 1.82. The first-order valence-corrected chi connectivity index (χ1v) is 9.77. The first-order chi connectivity index (χ1) is 13.7. The smallest absolute Gasteiger partial charge is 0.253 e. The summed E-state index contributed by atoms with van der Waals surface area (Å²) in [5.74, 6) is 0.489. The van der Waals surface area contributed by atoms with Gasteiger partial charge in [-0.3, -0.25) is 9.59 Å². The minimum absolute atomic E-state index is 0.0860. The van der Waals surface area contributed by atoms with E-state index in [-0.39, 0.29) is 11.8 Å². The highest BCUT2D eigenvalue weighted by molar-refractivity contribution is 5.94. The number of pyridine rings is 1. The van der Waals surface area contributed by atoms with Crippen LogP contribution >= 0.6 is 0 Å². The molecule has 28 heavy (non-hydrogen) atoms. The molecule has 2 heterocycles. The van der Waals surface area contributed by atoms with Gasteiger partial charge in [0, 0.05) is 37.2 Å². The zero-order chi connectivity index (χ0) is 19.3. The van der Waals surface area contributed by atoms with Crippen LogP contribution in [0.4, 0.5) is 5.69 Å². The Labute approximate surface area is 164 Å². The first-order valence-electron chi connectivity index (χ1n) is 9.77. The third kappa shape index (κ3) is 4.39. The van der Waals surface area contributed by atoms with Crippen LogP contribution in [0.1, 0.15) is 48.0 Å². The highest BCUT2D eigenvalue weighted by Gasteiger charge is 2.18. The van der Waals surface area contributed by atoms with Gasteiger partial charge in [-0.05, 0) is 48.6 Å². The molecule has 2 N–H and O–H groups in total. The summed E-state index contributed by atoms with van der Waals surface area (Å²) in [6.45, 7) is 0.428. The Balaban J connectivity index is 1.28. The Morgan fingerprint density at radius 1 is 1.07 bits per heavy atom. The molecule has 0 radical (unpaired) electrons. The van der Waals surface area contributed by atoms with Gasteiger partial charge in [-0.25, -0.2) is 4.98 Å². The van der Waals surface area contributed by atoms with Crippen molar-refractivity contribution in [2.45, 2.75) is 38.6 Å². The number of imidazole rings is 1. The molecule has 0 saturated heterocycles. The summed E-state index contributed by atoms with van der Waals surface area (Å²) in [6.07, 6.45) is 10.7. The number of carbonyl (C=O) groups is 2. The minimum atomic E-state index is -0.135. The van der Waals surface area contributed by atoms with E-state index in [9.17, 15) is 9.59 Å². The molecule has 1 aliphatic rings. The quantitative estimate of drug-likeness (QED) is 0.687. The average molecular weight is 376 g/mol. The van der Waals surface area contributed by atoms with Crippen LogP contribution in [0.15, 0.2) is 55.0 Å². The Hall–Kier alpha value is -3.15. The van der Waals surface area contributed by atoms with Crippen molar-refractivity contribution in [1.29, 1.82) is 0 Å². The lowest BCUT2D eigenvalue weighted by Crippen LogP contribution is -2.23. The highest BCUT2D eigenvalue weighted by Crippen LogP contribution is 2.27. The van der Waals surface area contributed by atoms with Crippen molar-refractivity contribution in [2.75, 3.05) is 5.32 Å². The van der Waals surface area contributed by atoms with Gasteiger partial charge in [-0.15, -0.1) is 0 Å². The molecule has 0 aliphatic heterocycles. The van der Waals surface area contributed by atoms with E-state index in [1.807, 2.05) is 40.9 Å². The van der Waals surface area contributed by atoms with Gasteiger partial charge in [0.05, 0.1) is 5.56 Å². The fourth-order valence-corrected chi connectivity index (χ4v) is 3.73. The van der Waals surface area contributed by atoms with Gasteiger partial charge in [0.25, 0.3) is 5.91 Å². The molecule has 2 amide bonds. The number of hydrogen-bond acceptors (Lipinski definition) is 3. The molecular weight excluding hydrogens is 352 g/mol. The Morgan fingerprint density at radius 3 is 2.64 bits per heavy atom. The number of rotatable bonds is 6. The van der Waals surface area contributed by atoms with Crippen molar-refractivity contribution in [3.63, 3.8) is 0 Å². The van der Waals surface area contributed by atoms with Crippen LogP contribution in [0.5, 0.6) is 0 Å². The fourth-order valence-electron chi connectivity index (χ4n) is 3.73. The molecule has 0 atom stereocenters. The predicted octanol–water partition coefficient (Wildman–Crippen LogP) is 3.78. The summed E-state index contributed by atoms with van der Waals surface area (Å²) in [4.78, 5) is 28.7. The molecule has 6 heteroatoms. The van der Waals surface area contributed by atoms with E-state index in [0.717, 1.165) is 16.9 Å². The third-order valence-electron chi connectivity index (χ3n) is 5.29. The second kappa shape index (κ2) is 8.25. The molecule has 0 bridgehead atoms. The van der Waals surface area contributed by atoms with Crippen molar-refractivity contribution >= 4 is 23.1 Å². The maximum absolute atomic E-state index is 12.4. The van der Waals surface area contributed by atoms with Gasteiger partial charge in [0.1, 0.15) is 5.65 Å². The summed E-state index contributed by atoms with van der Waals surface area (Å²) in [5, 5.41) is 5.89. The Morgan fingerprint density at radius 2 is 1.86 bits per heavy atom. The van der Waals surface area contributed by atoms with Crippen LogP contribution in [0, 0.1) is 5.92 Å². The molecule has 1 aromatic carbocycles.